The van der Waals surface area contributed by atoms with E-state index in [0.29, 0.717) is 39.2 Å². The number of amides is 2. The molecule has 2 aliphatic heterocycles. The van der Waals surface area contributed by atoms with Gasteiger partial charge in [-0.3, -0.25) is 14.9 Å². The number of methoxy groups -OCH3 is 1. The van der Waals surface area contributed by atoms with E-state index in [-0.39, 0.29) is 17.9 Å². The van der Waals surface area contributed by atoms with Crippen LogP contribution in [-0.4, -0.2) is 37.0 Å². The Kier molecular flexibility index (Phi) is 6.40. The minimum Gasteiger partial charge on any atom is -0.495 e. The van der Waals surface area contributed by atoms with Gasteiger partial charge in [-0.2, -0.15) is 11.8 Å². The zero-order chi connectivity index (χ0) is 22.2. The van der Waals surface area contributed by atoms with Crippen LogP contribution in [0.2, 0.25) is 10.0 Å². The Morgan fingerprint density at radius 1 is 1.32 bits per heavy atom. The first kappa shape index (κ1) is 22.3. The number of ether oxygens (including phenoxy) is 1. The normalized spacial score (nSPS) is 24.2. The topological polar surface area (TPSA) is 79.5 Å². The molecule has 3 N–H and O–H groups in total. The number of anilines is 2. The number of hydrogen-bond donors (Lipinski definition) is 3. The summed E-state index contributed by atoms with van der Waals surface area (Å²) in [7, 11) is 1.53. The molecule has 0 radical (unpaired) electrons. The van der Waals surface area contributed by atoms with Crippen molar-refractivity contribution in [1.29, 1.82) is 0 Å². The summed E-state index contributed by atoms with van der Waals surface area (Å²) in [6.45, 7) is 0. The quantitative estimate of drug-likeness (QED) is 0.567. The molecule has 3 atom stereocenters. The molecule has 2 aromatic carbocycles. The van der Waals surface area contributed by atoms with Crippen LogP contribution in [0, 0.1) is 5.92 Å². The number of halogens is 2. The number of rotatable bonds is 6. The van der Waals surface area contributed by atoms with Crippen molar-refractivity contribution in [1.82, 2.24) is 5.32 Å². The average Bonchev–Trinajstić information content (AvgIpc) is 3.27. The molecule has 2 heterocycles. The summed E-state index contributed by atoms with van der Waals surface area (Å²) in [5.74, 6) is 0.246. The molecule has 6 nitrogen and oxygen atoms in total. The molecule has 1 saturated heterocycles. The number of nitrogens with one attached hydrogen (secondary N) is 3. The van der Waals surface area contributed by atoms with E-state index in [9.17, 15) is 9.59 Å². The fraction of sp³-hybridized carbons (Fsp3) is 0.364. The van der Waals surface area contributed by atoms with Crippen molar-refractivity contribution >= 4 is 58.2 Å². The standard InChI is InChI=1S/C22H23Cl2N3O3S/c1-30-18-7-6-12(23)10-17(18)25-20(28)15-11-13(8-9-31-2)27-22(15)14-4-3-5-16(24)19(14)26-21(22)29/h3-7,10,13,15,27H,8-9,11H2,1-2H3,(H,25,28)(H,26,29)/t13-,15-,22-/m0/s1. The van der Waals surface area contributed by atoms with E-state index < -0.39 is 11.5 Å². The molecule has 0 aliphatic carbocycles. The van der Waals surface area contributed by atoms with Gasteiger partial charge in [0.1, 0.15) is 11.3 Å². The highest BCUT2D eigenvalue weighted by Gasteiger charge is 2.60. The molecule has 0 unspecified atom stereocenters. The molecule has 2 amide bonds. The van der Waals surface area contributed by atoms with E-state index in [1.165, 1.54) is 7.11 Å². The summed E-state index contributed by atoms with van der Waals surface area (Å²) in [4.78, 5) is 26.9. The van der Waals surface area contributed by atoms with Gasteiger partial charge < -0.3 is 15.4 Å². The fourth-order valence-electron chi connectivity index (χ4n) is 4.50. The Labute approximate surface area is 195 Å². The van der Waals surface area contributed by atoms with Crippen LogP contribution >= 0.6 is 35.0 Å². The van der Waals surface area contributed by atoms with Crippen molar-refractivity contribution in [2.45, 2.75) is 24.4 Å². The van der Waals surface area contributed by atoms with Crippen LogP contribution in [0.3, 0.4) is 0 Å². The number of fused-ring (bicyclic) bond motifs is 2. The lowest BCUT2D eigenvalue weighted by Crippen LogP contribution is -2.52. The van der Waals surface area contributed by atoms with E-state index in [0.717, 1.165) is 12.2 Å². The van der Waals surface area contributed by atoms with Gasteiger partial charge in [0.25, 0.3) is 0 Å². The zero-order valence-corrected chi connectivity index (χ0v) is 19.5. The molecular formula is C22H23Cl2N3O3S. The third-order valence-corrected chi connectivity index (χ3v) is 7.11. The molecule has 0 saturated carbocycles. The highest BCUT2D eigenvalue weighted by atomic mass is 35.5. The molecule has 9 heteroatoms. The fourth-order valence-corrected chi connectivity index (χ4v) is 5.41. The van der Waals surface area contributed by atoms with Gasteiger partial charge in [-0.25, -0.2) is 0 Å². The highest BCUT2D eigenvalue weighted by Crippen LogP contribution is 2.49. The van der Waals surface area contributed by atoms with Crippen LogP contribution in [0.1, 0.15) is 18.4 Å². The number of carbonyl (C=O) groups is 2. The molecule has 1 spiro atoms. The molecule has 1 fully saturated rings. The van der Waals surface area contributed by atoms with Gasteiger partial charge in [0.05, 0.1) is 29.4 Å². The number of para-hydroxylation sites is 1. The second-order valence-electron chi connectivity index (χ2n) is 7.67. The van der Waals surface area contributed by atoms with Crippen LogP contribution < -0.4 is 20.7 Å². The first-order valence-corrected chi connectivity index (χ1v) is 12.1. The Morgan fingerprint density at radius 2 is 2.13 bits per heavy atom. The smallest absolute Gasteiger partial charge is 0.250 e. The third kappa shape index (κ3) is 3.89. The average molecular weight is 480 g/mol. The molecule has 4 rings (SSSR count). The minimum atomic E-state index is -1.18. The second kappa shape index (κ2) is 8.90. The molecular weight excluding hydrogens is 457 g/mol. The summed E-state index contributed by atoms with van der Waals surface area (Å²) in [6.07, 6.45) is 3.41. The van der Waals surface area contributed by atoms with E-state index in [1.54, 1.807) is 42.1 Å². The van der Waals surface area contributed by atoms with Gasteiger partial charge in [-0.05, 0) is 49.1 Å². The van der Waals surface area contributed by atoms with Crippen LogP contribution in [-0.2, 0) is 15.1 Å². The number of thioether (sulfide) groups is 1. The third-order valence-electron chi connectivity index (χ3n) is 5.92. The van der Waals surface area contributed by atoms with Crippen LogP contribution in [0.25, 0.3) is 0 Å². The predicted octanol–water partition coefficient (Wildman–Crippen LogP) is 4.52. The molecule has 2 aliphatic rings. The van der Waals surface area contributed by atoms with Crippen molar-refractivity contribution < 1.29 is 14.3 Å². The SMILES string of the molecule is COc1ccc(Cl)cc1NC(=O)[C@@H]1C[C@H](CCSC)N[C@]12C(=O)Nc1c(Cl)cccc12. The van der Waals surface area contributed by atoms with Crippen LogP contribution in [0.15, 0.2) is 36.4 Å². The van der Waals surface area contributed by atoms with Gasteiger partial charge in [0.15, 0.2) is 0 Å². The monoisotopic (exact) mass is 479 g/mol. The summed E-state index contributed by atoms with van der Waals surface area (Å²) in [6, 6.07) is 10.4. The van der Waals surface area contributed by atoms with Crippen molar-refractivity contribution in [3.8, 4) is 5.75 Å². The lowest BCUT2D eigenvalue weighted by molar-refractivity contribution is -0.130. The maximum atomic E-state index is 13.5. The molecule has 2 aromatic rings. The maximum Gasteiger partial charge on any atom is 0.250 e. The van der Waals surface area contributed by atoms with Gasteiger partial charge >= 0.3 is 0 Å². The van der Waals surface area contributed by atoms with Gasteiger partial charge in [0.2, 0.25) is 11.8 Å². The Bertz CT molecular complexity index is 1040. The Balaban J connectivity index is 1.73. The summed E-state index contributed by atoms with van der Waals surface area (Å²) >= 11 is 14.2. The predicted molar refractivity (Wildman–Crippen MR) is 126 cm³/mol. The number of carbonyl (C=O) groups excluding carboxylic acids is 2. The minimum absolute atomic E-state index is 0.0140. The van der Waals surface area contributed by atoms with Crippen LogP contribution in [0.5, 0.6) is 5.75 Å². The number of hydrogen-bond acceptors (Lipinski definition) is 5. The van der Waals surface area contributed by atoms with Crippen molar-refractivity contribution in [3.05, 3.63) is 52.0 Å². The molecule has 164 valence electrons. The van der Waals surface area contributed by atoms with Crippen LogP contribution in [0.4, 0.5) is 11.4 Å². The summed E-state index contributed by atoms with van der Waals surface area (Å²) in [5.41, 5.74) is 0.548. The lowest BCUT2D eigenvalue weighted by atomic mass is 9.79. The van der Waals surface area contributed by atoms with Crippen molar-refractivity contribution in [2.24, 2.45) is 5.92 Å². The molecule has 0 aromatic heterocycles. The first-order chi connectivity index (χ1) is 14.9. The lowest BCUT2D eigenvalue weighted by Gasteiger charge is -2.29. The van der Waals surface area contributed by atoms with E-state index in [1.807, 2.05) is 12.3 Å². The molecule has 0 bridgehead atoms. The highest BCUT2D eigenvalue weighted by molar-refractivity contribution is 7.98. The summed E-state index contributed by atoms with van der Waals surface area (Å²) < 4.78 is 5.36. The van der Waals surface area contributed by atoms with Crippen molar-refractivity contribution in [3.63, 3.8) is 0 Å². The molecule has 31 heavy (non-hydrogen) atoms. The van der Waals surface area contributed by atoms with Gasteiger partial charge in [-0.1, -0.05) is 35.3 Å². The largest absolute Gasteiger partial charge is 0.495 e. The van der Waals surface area contributed by atoms with Gasteiger partial charge in [-0.15, -0.1) is 0 Å². The first-order valence-electron chi connectivity index (χ1n) is 9.92. The zero-order valence-electron chi connectivity index (χ0n) is 17.1. The van der Waals surface area contributed by atoms with E-state index >= 15 is 0 Å². The summed E-state index contributed by atoms with van der Waals surface area (Å²) in [5, 5.41) is 10.2. The Hall–Kier alpha value is -1.93. The van der Waals surface area contributed by atoms with E-state index in [2.05, 4.69) is 16.0 Å². The van der Waals surface area contributed by atoms with E-state index in [4.69, 9.17) is 27.9 Å². The van der Waals surface area contributed by atoms with Gasteiger partial charge in [0, 0.05) is 16.6 Å². The number of benzene rings is 2. The van der Waals surface area contributed by atoms with Crippen molar-refractivity contribution in [2.75, 3.05) is 29.8 Å². The Morgan fingerprint density at radius 3 is 2.87 bits per heavy atom. The second-order valence-corrected chi connectivity index (χ2v) is 9.50. The maximum absolute atomic E-state index is 13.5.